The number of carboxylic acid groups (broad SMARTS) is 1. The largest absolute Gasteiger partial charge is 0.483 e. The summed E-state index contributed by atoms with van der Waals surface area (Å²) in [5, 5.41) is 10.4. The average Bonchev–Trinajstić information content (AvgIpc) is 2.98. The van der Waals surface area contributed by atoms with Crippen LogP contribution >= 0.6 is 11.8 Å². The van der Waals surface area contributed by atoms with Gasteiger partial charge in [-0.05, 0) is 19.9 Å². The smallest absolute Gasteiger partial charge is 0.290 e. The molecule has 0 radical (unpaired) electrons. The van der Waals surface area contributed by atoms with Crippen molar-refractivity contribution in [3.05, 3.63) is 35.7 Å². The van der Waals surface area contributed by atoms with E-state index in [-0.39, 0.29) is 12.4 Å². The highest BCUT2D eigenvalue weighted by atomic mass is 32.2. The van der Waals surface area contributed by atoms with E-state index in [0.717, 1.165) is 17.2 Å². The zero-order valence-electron chi connectivity index (χ0n) is 12.9. The minimum atomic E-state index is -0.250. The van der Waals surface area contributed by atoms with Gasteiger partial charge in [0.05, 0.1) is 5.75 Å². The average molecular weight is 337 g/mol. The van der Waals surface area contributed by atoms with E-state index in [4.69, 9.17) is 9.90 Å². The minimum Gasteiger partial charge on any atom is -0.483 e. The number of aromatic nitrogens is 4. The monoisotopic (exact) mass is 337 g/mol. The van der Waals surface area contributed by atoms with Gasteiger partial charge in [-0.15, -0.1) is 0 Å². The number of hydrogen-bond acceptors (Lipinski definition) is 6. The van der Waals surface area contributed by atoms with Crippen molar-refractivity contribution in [2.45, 2.75) is 25.4 Å². The highest BCUT2D eigenvalue weighted by Crippen LogP contribution is 2.13. The zero-order valence-corrected chi connectivity index (χ0v) is 13.8. The maximum absolute atomic E-state index is 11.7. The Bertz CT molecular complexity index is 599. The lowest BCUT2D eigenvalue weighted by atomic mass is 10.4. The summed E-state index contributed by atoms with van der Waals surface area (Å²) in [4.78, 5) is 35.7. The molecule has 0 aromatic carbocycles. The normalized spacial score (nSPS) is 9.65. The Morgan fingerprint density at radius 2 is 2.04 bits per heavy atom. The van der Waals surface area contributed by atoms with Crippen LogP contribution < -0.4 is 5.32 Å². The van der Waals surface area contributed by atoms with E-state index < -0.39 is 0 Å². The molecule has 0 fully saturated rings. The van der Waals surface area contributed by atoms with Gasteiger partial charge in [0.25, 0.3) is 6.47 Å². The van der Waals surface area contributed by atoms with E-state index in [1.807, 2.05) is 19.9 Å². The number of imidazole rings is 1. The standard InChI is InChI=1S/C13H17N5OS.CH2O2/c1-9-7-10(2)18-13(17-9)20-8-12(19)16-4-3-11-14-5-6-15-11;2-1-3/h5-7H,3-4,8H2,1-2H3,(H,14,15)(H,16,19);1H,(H,2,3). The van der Waals surface area contributed by atoms with Crippen LogP contribution in [0.25, 0.3) is 0 Å². The summed E-state index contributed by atoms with van der Waals surface area (Å²) in [6, 6.07) is 1.91. The van der Waals surface area contributed by atoms with E-state index in [1.165, 1.54) is 11.8 Å². The summed E-state index contributed by atoms with van der Waals surface area (Å²) in [6.45, 7) is 4.16. The molecule has 0 unspecified atom stereocenters. The second kappa shape index (κ2) is 10.3. The van der Waals surface area contributed by atoms with Crippen molar-refractivity contribution < 1.29 is 14.7 Å². The number of nitrogens with one attached hydrogen (secondary N) is 2. The number of H-pyrrole nitrogens is 1. The summed E-state index contributed by atoms with van der Waals surface area (Å²) in [6.07, 6.45) is 4.16. The molecule has 2 aromatic heterocycles. The molecule has 0 atom stereocenters. The summed E-state index contributed by atoms with van der Waals surface area (Å²) >= 11 is 1.35. The fourth-order valence-corrected chi connectivity index (χ4v) is 2.47. The Labute approximate surface area is 138 Å². The molecule has 2 aromatic rings. The maximum Gasteiger partial charge on any atom is 0.290 e. The molecule has 0 saturated heterocycles. The van der Waals surface area contributed by atoms with Gasteiger partial charge in [-0.1, -0.05) is 11.8 Å². The van der Waals surface area contributed by atoms with E-state index in [2.05, 4.69) is 25.3 Å². The van der Waals surface area contributed by atoms with Crippen molar-refractivity contribution >= 4 is 24.1 Å². The van der Waals surface area contributed by atoms with Crippen LogP contribution in [0.3, 0.4) is 0 Å². The third kappa shape index (κ3) is 7.96. The molecule has 0 saturated carbocycles. The van der Waals surface area contributed by atoms with Crippen LogP contribution in [0.2, 0.25) is 0 Å². The molecule has 0 aliphatic rings. The lowest BCUT2D eigenvalue weighted by Crippen LogP contribution is -2.27. The lowest BCUT2D eigenvalue weighted by molar-refractivity contribution is -0.123. The van der Waals surface area contributed by atoms with E-state index in [0.29, 0.717) is 23.9 Å². The molecule has 3 N–H and O–H groups in total. The Morgan fingerprint density at radius 3 is 2.61 bits per heavy atom. The second-order valence-corrected chi connectivity index (χ2v) is 5.41. The van der Waals surface area contributed by atoms with Crippen molar-refractivity contribution in [2.75, 3.05) is 12.3 Å². The molecular weight excluding hydrogens is 318 g/mol. The van der Waals surface area contributed by atoms with Crippen LogP contribution in [0.4, 0.5) is 0 Å². The molecule has 0 bridgehead atoms. The van der Waals surface area contributed by atoms with Crippen LogP contribution in [-0.4, -0.2) is 49.7 Å². The van der Waals surface area contributed by atoms with Gasteiger partial charge in [0.15, 0.2) is 5.16 Å². The minimum absolute atomic E-state index is 0.0238. The van der Waals surface area contributed by atoms with Gasteiger partial charge in [-0.2, -0.15) is 0 Å². The summed E-state index contributed by atoms with van der Waals surface area (Å²) in [7, 11) is 0. The fraction of sp³-hybridized carbons (Fsp3) is 0.357. The fourth-order valence-electron chi connectivity index (χ4n) is 1.69. The molecule has 8 nitrogen and oxygen atoms in total. The van der Waals surface area contributed by atoms with Crippen LogP contribution in [0.5, 0.6) is 0 Å². The number of carbonyl (C=O) groups is 2. The molecule has 0 spiro atoms. The molecular formula is C14H19N5O3S. The number of nitrogens with zero attached hydrogens (tertiary/aromatic N) is 3. The van der Waals surface area contributed by atoms with Gasteiger partial charge >= 0.3 is 0 Å². The van der Waals surface area contributed by atoms with E-state index in [9.17, 15) is 4.79 Å². The van der Waals surface area contributed by atoms with Gasteiger partial charge in [0.2, 0.25) is 5.91 Å². The first kappa shape index (κ1) is 18.6. The Hall–Kier alpha value is -2.42. The zero-order chi connectivity index (χ0) is 17.1. The van der Waals surface area contributed by atoms with Crippen LogP contribution in [0.1, 0.15) is 17.2 Å². The first-order chi connectivity index (χ1) is 11.0. The summed E-state index contributed by atoms with van der Waals surface area (Å²) < 4.78 is 0. The maximum atomic E-state index is 11.7. The summed E-state index contributed by atoms with van der Waals surface area (Å²) in [5.74, 6) is 1.17. The molecule has 2 heterocycles. The van der Waals surface area contributed by atoms with Crippen molar-refractivity contribution in [3.63, 3.8) is 0 Å². The number of thioether (sulfide) groups is 1. The molecule has 0 aliphatic heterocycles. The van der Waals surface area contributed by atoms with Crippen LogP contribution in [-0.2, 0) is 16.0 Å². The Balaban J connectivity index is 0.000000816. The second-order valence-electron chi connectivity index (χ2n) is 4.46. The third-order valence-electron chi connectivity index (χ3n) is 2.53. The molecule has 0 aliphatic carbocycles. The van der Waals surface area contributed by atoms with Gasteiger partial charge < -0.3 is 15.4 Å². The van der Waals surface area contributed by atoms with E-state index in [1.54, 1.807) is 12.4 Å². The third-order valence-corrected chi connectivity index (χ3v) is 3.38. The molecule has 124 valence electrons. The topological polar surface area (TPSA) is 121 Å². The summed E-state index contributed by atoms with van der Waals surface area (Å²) in [5.41, 5.74) is 1.83. The van der Waals surface area contributed by atoms with Gasteiger partial charge in [0.1, 0.15) is 5.82 Å². The van der Waals surface area contributed by atoms with Crippen LogP contribution in [0, 0.1) is 13.8 Å². The molecule has 9 heteroatoms. The Morgan fingerprint density at radius 1 is 1.39 bits per heavy atom. The van der Waals surface area contributed by atoms with Crippen molar-refractivity contribution in [1.82, 2.24) is 25.3 Å². The first-order valence-corrected chi connectivity index (χ1v) is 7.81. The number of rotatable bonds is 6. The van der Waals surface area contributed by atoms with Crippen molar-refractivity contribution in [2.24, 2.45) is 0 Å². The number of amides is 1. The Kier molecular flexibility index (Phi) is 8.37. The van der Waals surface area contributed by atoms with E-state index >= 15 is 0 Å². The highest BCUT2D eigenvalue weighted by Gasteiger charge is 2.06. The predicted molar refractivity (Wildman–Crippen MR) is 86.2 cm³/mol. The molecule has 2 rings (SSSR count). The highest BCUT2D eigenvalue weighted by molar-refractivity contribution is 7.99. The van der Waals surface area contributed by atoms with Crippen LogP contribution in [0.15, 0.2) is 23.6 Å². The SMILES string of the molecule is Cc1cc(C)nc(SCC(=O)NCCc2ncc[nH]2)n1.O=CO. The molecule has 23 heavy (non-hydrogen) atoms. The van der Waals surface area contributed by atoms with Gasteiger partial charge in [0, 0.05) is 36.7 Å². The molecule has 1 amide bonds. The van der Waals surface area contributed by atoms with Crippen molar-refractivity contribution in [1.29, 1.82) is 0 Å². The van der Waals surface area contributed by atoms with Crippen molar-refractivity contribution in [3.8, 4) is 0 Å². The van der Waals surface area contributed by atoms with Gasteiger partial charge in [-0.25, -0.2) is 15.0 Å². The first-order valence-electron chi connectivity index (χ1n) is 6.83. The number of aryl methyl sites for hydroxylation is 2. The number of aromatic amines is 1. The quantitative estimate of drug-likeness (QED) is 0.408. The van der Waals surface area contributed by atoms with Gasteiger partial charge in [-0.3, -0.25) is 9.59 Å². The number of carbonyl (C=O) groups excluding carboxylic acids is 1. The lowest BCUT2D eigenvalue weighted by Gasteiger charge is -2.04. The predicted octanol–water partition coefficient (Wildman–Crippen LogP) is 0.968. The number of hydrogen-bond donors (Lipinski definition) is 3.